The molecule has 2 saturated carbocycles. The van der Waals surface area contributed by atoms with Gasteiger partial charge in [0.2, 0.25) is 0 Å². The average Bonchev–Trinajstić information content (AvgIpc) is 3.11. The Morgan fingerprint density at radius 1 is 0.941 bits per heavy atom. The van der Waals surface area contributed by atoms with Crippen LogP contribution in [0.2, 0.25) is 0 Å². The van der Waals surface area contributed by atoms with Crippen LogP contribution in [0.1, 0.15) is 57.8 Å². The standard InChI is InChI=1S/C13H20O4/c14-10(15)4-2-1-3-5-12(6-7-12)13(8-9-13)11(16)17/h1-9H2,(H,14,15)(H,16,17). The normalized spacial score (nSPS) is 23.1. The topological polar surface area (TPSA) is 74.6 Å². The van der Waals surface area contributed by atoms with Crippen molar-refractivity contribution in [3.05, 3.63) is 0 Å². The smallest absolute Gasteiger partial charge is 0.310 e. The predicted octanol–water partition coefficient (Wildman–Crippen LogP) is 2.67. The van der Waals surface area contributed by atoms with Crippen molar-refractivity contribution in [3.8, 4) is 0 Å². The van der Waals surface area contributed by atoms with Crippen molar-refractivity contribution in [3.63, 3.8) is 0 Å². The Morgan fingerprint density at radius 3 is 2.00 bits per heavy atom. The molecule has 0 atom stereocenters. The Kier molecular flexibility index (Phi) is 3.15. The Labute approximate surface area is 101 Å². The monoisotopic (exact) mass is 240 g/mol. The number of unbranched alkanes of at least 4 members (excludes halogenated alkanes) is 2. The van der Waals surface area contributed by atoms with Gasteiger partial charge in [0.15, 0.2) is 0 Å². The van der Waals surface area contributed by atoms with E-state index in [1.807, 2.05) is 0 Å². The number of carbonyl (C=O) groups is 2. The van der Waals surface area contributed by atoms with E-state index in [1.165, 1.54) is 0 Å². The zero-order valence-electron chi connectivity index (χ0n) is 10.1. The van der Waals surface area contributed by atoms with Gasteiger partial charge in [0.25, 0.3) is 0 Å². The van der Waals surface area contributed by atoms with Crippen molar-refractivity contribution in [1.82, 2.24) is 0 Å². The van der Waals surface area contributed by atoms with Gasteiger partial charge in [0, 0.05) is 6.42 Å². The molecule has 0 aliphatic heterocycles. The Balaban J connectivity index is 1.72. The first-order valence-electron chi connectivity index (χ1n) is 6.48. The summed E-state index contributed by atoms with van der Waals surface area (Å²) in [5, 5.41) is 17.8. The highest BCUT2D eigenvalue weighted by Gasteiger charge is 2.69. The minimum absolute atomic E-state index is 0.0715. The van der Waals surface area contributed by atoms with Gasteiger partial charge in [0.05, 0.1) is 5.41 Å². The first-order valence-corrected chi connectivity index (χ1v) is 6.48. The first kappa shape index (κ1) is 12.4. The summed E-state index contributed by atoms with van der Waals surface area (Å²) in [6.07, 6.45) is 7.60. The molecule has 2 fully saturated rings. The highest BCUT2D eigenvalue weighted by molar-refractivity contribution is 5.79. The molecular formula is C13H20O4. The molecule has 0 radical (unpaired) electrons. The van der Waals surface area contributed by atoms with Crippen molar-refractivity contribution in [2.45, 2.75) is 57.8 Å². The maximum absolute atomic E-state index is 11.3. The molecule has 0 aromatic carbocycles. The summed E-state index contributed by atoms with van der Waals surface area (Å²) in [4.78, 5) is 21.6. The Bertz CT molecular complexity index is 326. The SMILES string of the molecule is O=C(O)CCCCCC1(C2(C(=O)O)CC2)CC1. The summed E-state index contributed by atoms with van der Waals surface area (Å²) in [7, 11) is 0. The second kappa shape index (κ2) is 4.31. The van der Waals surface area contributed by atoms with Gasteiger partial charge in [-0.2, -0.15) is 0 Å². The van der Waals surface area contributed by atoms with E-state index in [2.05, 4.69) is 0 Å². The fourth-order valence-corrected chi connectivity index (χ4v) is 3.13. The van der Waals surface area contributed by atoms with E-state index in [0.29, 0.717) is 6.42 Å². The van der Waals surface area contributed by atoms with E-state index >= 15 is 0 Å². The van der Waals surface area contributed by atoms with Gasteiger partial charge in [-0.1, -0.05) is 12.8 Å². The summed E-state index contributed by atoms with van der Waals surface area (Å²) >= 11 is 0. The molecule has 0 aromatic heterocycles. The second-order valence-electron chi connectivity index (χ2n) is 5.62. The summed E-state index contributed by atoms with van der Waals surface area (Å²) in [5.41, 5.74) is -0.331. The minimum Gasteiger partial charge on any atom is -0.481 e. The maximum atomic E-state index is 11.3. The van der Waals surface area contributed by atoms with Crippen LogP contribution in [0.25, 0.3) is 0 Å². The van der Waals surface area contributed by atoms with Gasteiger partial charge in [-0.05, 0) is 43.9 Å². The van der Waals surface area contributed by atoms with Gasteiger partial charge in [-0.3, -0.25) is 9.59 Å². The lowest BCUT2D eigenvalue weighted by Gasteiger charge is -2.22. The molecule has 0 bridgehead atoms. The van der Waals surface area contributed by atoms with Crippen LogP contribution >= 0.6 is 0 Å². The van der Waals surface area contributed by atoms with Gasteiger partial charge >= 0.3 is 11.9 Å². The molecule has 96 valence electrons. The van der Waals surface area contributed by atoms with E-state index in [0.717, 1.165) is 44.9 Å². The fraction of sp³-hybridized carbons (Fsp3) is 0.846. The molecule has 0 amide bonds. The molecule has 0 heterocycles. The third-order valence-corrected chi connectivity index (χ3v) is 4.57. The number of aliphatic carboxylic acids is 2. The van der Waals surface area contributed by atoms with Gasteiger partial charge in [0.1, 0.15) is 0 Å². The molecule has 0 unspecified atom stereocenters. The van der Waals surface area contributed by atoms with Crippen LogP contribution in [0.5, 0.6) is 0 Å². The highest BCUT2D eigenvalue weighted by atomic mass is 16.4. The fourth-order valence-electron chi connectivity index (χ4n) is 3.13. The summed E-state index contributed by atoms with van der Waals surface area (Å²) in [6.45, 7) is 0. The highest BCUT2D eigenvalue weighted by Crippen LogP contribution is 2.72. The van der Waals surface area contributed by atoms with Crippen LogP contribution < -0.4 is 0 Å². The number of hydrogen-bond acceptors (Lipinski definition) is 2. The number of hydrogen-bond donors (Lipinski definition) is 2. The lowest BCUT2D eigenvalue weighted by atomic mass is 9.81. The van der Waals surface area contributed by atoms with Crippen LogP contribution in [0.3, 0.4) is 0 Å². The minimum atomic E-state index is -0.740. The largest absolute Gasteiger partial charge is 0.481 e. The van der Waals surface area contributed by atoms with Gasteiger partial charge in [-0.25, -0.2) is 0 Å². The summed E-state index contributed by atoms with van der Waals surface area (Å²) in [6, 6.07) is 0. The molecule has 2 aliphatic carbocycles. The molecule has 2 aliphatic rings. The maximum Gasteiger partial charge on any atom is 0.310 e. The number of carboxylic acid groups (broad SMARTS) is 2. The van der Waals surface area contributed by atoms with Crippen LogP contribution in [-0.4, -0.2) is 22.2 Å². The second-order valence-corrected chi connectivity index (χ2v) is 5.62. The van der Waals surface area contributed by atoms with Crippen molar-refractivity contribution in [1.29, 1.82) is 0 Å². The van der Waals surface area contributed by atoms with Crippen molar-refractivity contribution < 1.29 is 19.8 Å². The summed E-state index contributed by atoms with van der Waals surface area (Å²) < 4.78 is 0. The molecule has 2 N–H and O–H groups in total. The zero-order valence-corrected chi connectivity index (χ0v) is 10.1. The molecule has 0 aromatic rings. The van der Waals surface area contributed by atoms with E-state index in [9.17, 15) is 14.7 Å². The lowest BCUT2D eigenvalue weighted by Crippen LogP contribution is -2.26. The van der Waals surface area contributed by atoms with Gasteiger partial charge in [-0.15, -0.1) is 0 Å². The van der Waals surface area contributed by atoms with Crippen molar-refractivity contribution >= 4 is 11.9 Å². The quantitative estimate of drug-likeness (QED) is 0.639. The molecule has 4 nitrogen and oxygen atoms in total. The molecule has 17 heavy (non-hydrogen) atoms. The zero-order chi connectivity index (χ0) is 12.5. The van der Waals surface area contributed by atoms with E-state index in [4.69, 9.17) is 5.11 Å². The molecule has 4 heteroatoms. The molecule has 0 saturated heterocycles. The molecule has 2 rings (SSSR count). The van der Waals surface area contributed by atoms with Crippen LogP contribution in [0.4, 0.5) is 0 Å². The van der Waals surface area contributed by atoms with E-state index in [-0.39, 0.29) is 11.8 Å². The molecular weight excluding hydrogens is 220 g/mol. The predicted molar refractivity (Wildman–Crippen MR) is 61.7 cm³/mol. The first-order chi connectivity index (χ1) is 8.02. The van der Waals surface area contributed by atoms with Crippen LogP contribution in [0, 0.1) is 10.8 Å². The van der Waals surface area contributed by atoms with Crippen molar-refractivity contribution in [2.75, 3.05) is 0 Å². The van der Waals surface area contributed by atoms with E-state index < -0.39 is 17.4 Å². The third kappa shape index (κ3) is 2.31. The average molecular weight is 240 g/mol. The van der Waals surface area contributed by atoms with Crippen LogP contribution in [0.15, 0.2) is 0 Å². The molecule has 0 spiro atoms. The Hall–Kier alpha value is -1.06. The van der Waals surface area contributed by atoms with Crippen LogP contribution in [-0.2, 0) is 9.59 Å². The number of rotatable bonds is 8. The summed E-state index contributed by atoms with van der Waals surface area (Å²) in [5.74, 6) is -1.35. The van der Waals surface area contributed by atoms with Crippen molar-refractivity contribution in [2.24, 2.45) is 10.8 Å². The van der Waals surface area contributed by atoms with E-state index in [1.54, 1.807) is 0 Å². The third-order valence-electron chi connectivity index (χ3n) is 4.57. The number of carboxylic acids is 2. The Morgan fingerprint density at radius 2 is 1.59 bits per heavy atom. The lowest BCUT2D eigenvalue weighted by molar-refractivity contribution is -0.146. The van der Waals surface area contributed by atoms with Gasteiger partial charge < -0.3 is 10.2 Å².